The molecule has 1 amide bonds. The lowest BCUT2D eigenvalue weighted by Crippen LogP contribution is -2.38. The van der Waals surface area contributed by atoms with Gasteiger partial charge in [0.05, 0.1) is 16.3 Å². The van der Waals surface area contributed by atoms with Crippen LogP contribution in [0, 0.1) is 23.1 Å². The van der Waals surface area contributed by atoms with E-state index in [9.17, 15) is 9.18 Å². The highest BCUT2D eigenvalue weighted by molar-refractivity contribution is 7.22. The Kier molecular flexibility index (Phi) is 4.73. The maximum atomic E-state index is 13.8. The molecule has 0 atom stereocenters. The zero-order valence-electron chi connectivity index (χ0n) is 14.5. The van der Waals surface area contributed by atoms with E-state index in [1.165, 1.54) is 17.4 Å². The number of thiazole rings is 1. The third kappa shape index (κ3) is 3.62. The number of nitriles is 1. The molecule has 5 nitrogen and oxygen atoms in total. The van der Waals surface area contributed by atoms with E-state index in [1.54, 1.807) is 30.3 Å². The second-order valence-corrected chi connectivity index (χ2v) is 7.54. The fourth-order valence-electron chi connectivity index (χ4n) is 3.28. The average Bonchev–Trinajstić information content (AvgIpc) is 3.14. The highest BCUT2D eigenvalue weighted by atomic mass is 32.1. The third-order valence-corrected chi connectivity index (χ3v) is 5.84. The molecule has 1 aliphatic heterocycles. The first-order chi connectivity index (χ1) is 13.1. The molecule has 0 unspecified atom stereocenters. The van der Waals surface area contributed by atoms with Crippen molar-refractivity contribution >= 4 is 38.3 Å². The zero-order chi connectivity index (χ0) is 18.8. The summed E-state index contributed by atoms with van der Waals surface area (Å²) in [4.78, 5) is 19.1. The molecule has 0 spiro atoms. The number of fused-ring (bicyclic) bond motifs is 1. The van der Waals surface area contributed by atoms with Crippen LogP contribution in [0.5, 0.6) is 0 Å². The standard InChI is InChI=1S/C20H17FN4OS/c21-16-5-2-6-17-18(16)24-20(27-17)25-9-7-14(8-10-25)19(26)23-15-4-1-3-13(11-15)12-22/h1-6,11,14H,7-10H2,(H,23,26). The summed E-state index contributed by atoms with van der Waals surface area (Å²) >= 11 is 1.48. The molecule has 0 saturated carbocycles. The Labute approximate surface area is 160 Å². The number of halogens is 1. The third-order valence-electron chi connectivity index (χ3n) is 4.75. The van der Waals surface area contributed by atoms with Gasteiger partial charge in [0.2, 0.25) is 5.91 Å². The molecule has 1 aliphatic rings. The minimum atomic E-state index is -0.302. The fourth-order valence-corrected chi connectivity index (χ4v) is 4.31. The van der Waals surface area contributed by atoms with Crippen molar-refractivity contribution in [3.05, 3.63) is 53.8 Å². The van der Waals surface area contributed by atoms with Crippen molar-refractivity contribution in [3.63, 3.8) is 0 Å². The molecule has 136 valence electrons. The Morgan fingerprint density at radius 2 is 2.04 bits per heavy atom. The lowest BCUT2D eigenvalue weighted by Gasteiger charge is -2.31. The second kappa shape index (κ2) is 7.33. The average molecular weight is 380 g/mol. The summed E-state index contributed by atoms with van der Waals surface area (Å²) < 4.78 is 14.7. The van der Waals surface area contributed by atoms with Gasteiger partial charge in [-0.2, -0.15) is 5.26 Å². The first-order valence-corrected chi connectivity index (χ1v) is 9.57. The summed E-state index contributed by atoms with van der Waals surface area (Å²) in [5.74, 6) is -0.415. The minimum absolute atomic E-state index is 0.0277. The molecular formula is C20H17FN4OS. The van der Waals surface area contributed by atoms with Crippen LogP contribution >= 0.6 is 11.3 Å². The van der Waals surface area contributed by atoms with E-state index in [2.05, 4.69) is 21.3 Å². The lowest BCUT2D eigenvalue weighted by atomic mass is 9.96. The summed E-state index contributed by atoms with van der Waals surface area (Å²) in [6, 6.07) is 14.0. The largest absolute Gasteiger partial charge is 0.348 e. The number of aromatic nitrogens is 1. The van der Waals surface area contributed by atoms with Gasteiger partial charge in [0.25, 0.3) is 0 Å². The molecule has 1 fully saturated rings. The van der Waals surface area contributed by atoms with E-state index in [-0.39, 0.29) is 17.6 Å². The summed E-state index contributed by atoms with van der Waals surface area (Å²) in [5.41, 5.74) is 1.57. The number of nitrogens with one attached hydrogen (secondary N) is 1. The van der Waals surface area contributed by atoms with E-state index >= 15 is 0 Å². The fraction of sp³-hybridized carbons (Fsp3) is 0.250. The van der Waals surface area contributed by atoms with Gasteiger partial charge in [-0.1, -0.05) is 23.5 Å². The molecule has 0 aliphatic carbocycles. The molecule has 3 aromatic rings. The minimum Gasteiger partial charge on any atom is -0.348 e. The Morgan fingerprint density at radius 1 is 1.26 bits per heavy atom. The Hall–Kier alpha value is -2.98. The number of hydrogen-bond donors (Lipinski definition) is 1. The molecule has 1 aromatic heterocycles. The first kappa shape index (κ1) is 17.4. The van der Waals surface area contributed by atoms with Gasteiger partial charge in [-0.15, -0.1) is 0 Å². The van der Waals surface area contributed by atoms with Gasteiger partial charge in [-0.05, 0) is 43.2 Å². The number of piperidine rings is 1. The van der Waals surface area contributed by atoms with Crippen molar-refractivity contribution in [3.8, 4) is 6.07 Å². The van der Waals surface area contributed by atoms with E-state index < -0.39 is 0 Å². The normalized spacial score (nSPS) is 14.9. The monoisotopic (exact) mass is 380 g/mol. The number of amides is 1. The summed E-state index contributed by atoms with van der Waals surface area (Å²) in [6.07, 6.45) is 1.42. The van der Waals surface area contributed by atoms with Crippen LogP contribution in [-0.2, 0) is 4.79 Å². The van der Waals surface area contributed by atoms with E-state index in [4.69, 9.17) is 5.26 Å². The summed E-state index contributed by atoms with van der Waals surface area (Å²) in [5, 5.41) is 12.7. The number of para-hydroxylation sites is 1. The van der Waals surface area contributed by atoms with Crippen molar-refractivity contribution in [2.24, 2.45) is 5.92 Å². The summed E-state index contributed by atoms with van der Waals surface area (Å²) in [7, 11) is 0. The smallest absolute Gasteiger partial charge is 0.227 e. The van der Waals surface area contributed by atoms with Crippen LogP contribution in [0.4, 0.5) is 15.2 Å². The van der Waals surface area contributed by atoms with Gasteiger partial charge in [0.1, 0.15) is 11.3 Å². The number of rotatable bonds is 3. The number of nitrogens with zero attached hydrogens (tertiary/aromatic N) is 3. The van der Waals surface area contributed by atoms with Crippen molar-refractivity contribution in [1.82, 2.24) is 4.98 Å². The molecule has 0 radical (unpaired) electrons. The highest BCUT2D eigenvalue weighted by Gasteiger charge is 2.26. The predicted molar refractivity (Wildman–Crippen MR) is 104 cm³/mol. The Balaban J connectivity index is 1.40. The van der Waals surface area contributed by atoms with Crippen LogP contribution in [0.2, 0.25) is 0 Å². The van der Waals surface area contributed by atoms with Crippen molar-refractivity contribution in [2.75, 3.05) is 23.3 Å². The van der Waals surface area contributed by atoms with Gasteiger partial charge >= 0.3 is 0 Å². The van der Waals surface area contributed by atoms with Crippen molar-refractivity contribution in [2.45, 2.75) is 12.8 Å². The van der Waals surface area contributed by atoms with Gasteiger partial charge in [0.15, 0.2) is 5.13 Å². The Bertz CT molecular complexity index is 1030. The maximum absolute atomic E-state index is 13.8. The number of carbonyl (C=O) groups is 1. The van der Waals surface area contributed by atoms with Crippen LogP contribution in [0.1, 0.15) is 18.4 Å². The molecule has 2 heterocycles. The Morgan fingerprint density at radius 3 is 2.78 bits per heavy atom. The molecule has 4 rings (SSSR count). The SMILES string of the molecule is N#Cc1cccc(NC(=O)C2CCN(c3nc4c(F)cccc4s3)CC2)c1. The lowest BCUT2D eigenvalue weighted by molar-refractivity contribution is -0.120. The second-order valence-electron chi connectivity index (χ2n) is 6.53. The van der Waals surface area contributed by atoms with Gasteiger partial charge in [0, 0.05) is 24.7 Å². The molecule has 2 aromatic carbocycles. The van der Waals surface area contributed by atoms with Gasteiger partial charge in [-0.25, -0.2) is 9.37 Å². The highest BCUT2D eigenvalue weighted by Crippen LogP contribution is 2.32. The van der Waals surface area contributed by atoms with Gasteiger partial charge in [-0.3, -0.25) is 4.79 Å². The number of carbonyl (C=O) groups excluding carboxylic acids is 1. The molecule has 1 N–H and O–H groups in total. The molecule has 7 heteroatoms. The van der Waals surface area contributed by atoms with Crippen molar-refractivity contribution < 1.29 is 9.18 Å². The van der Waals surface area contributed by atoms with Crippen molar-refractivity contribution in [1.29, 1.82) is 5.26 Å². The molecule has 27 heavy (non-hydrogen) atoms. The first-order valence-electron chi connectivity index (χ1n) is 8.75. The van der Waals surface area contributed by atoms with E-state index in [1.807, 2.05) is 6.07 Å². The van der Waals surface area contributed by atoms with Crippen LogP contribution in [-0.4, -0.2) is 24.0 Å². The van der Waals surface area contributed by atoms with Crippen LogP contribution in [0.3, 0.4) is 0 Å². The van der Waals surface area contributed by atoms with Crippen LogP contribution < -0.4 is 10.2 Å². The molecule has 0 bridgehead atoms. The molecular weight excluding hydrogens is 363 g/mol. The van der Waals surface area contributed by atoms with Crippen LogP contribution in [0.15, 0.2) is 42.5 Å². The van der Waals surface area contributed by atoms with Gasteiger partial charge < -0.3 is 10.2 Å². The number of benzene rings is 2. The molecule has 1 saturated heterocycles. The number of hydrogen-bond acceptors (Lipinski definition) is 5. The number of anilines is 2. The van der Waals surface area contributed by atoms with E-state index in [0.717, 1.165) is 9.83 Å². The maximum Gasteiger partial charge on any atom is 0.227 e. The predicted octanol–water partition coefficient (Wildman–Crippen LogP) is 4.16. The van der Waals surface area contributed by atoms with E-state index in [0.29, 0.717) is 42.7 Å². The zero-order valence-corrected chi connectivity index (χ0v) is 15.3. The van der Waals surface area contributed by atoms with Crippen LogP contribution in [0.25, 0.3) is 10.2 Å². The topological polar surface area (TPSA) is 69.0 Å². The quantitative estimate of drug-likeness (QED) is 0.741. The summed E-state index contributed by atoms with van der Waals surface area (Å²) in [6.45, 7) is 1.41.